The fourth-order valence-electron chi connectivity index (χ4n) is 5.52. The van der Waals surface area contributed by atoms with Gasteiger partial charge in [0.15, 0.2) is 0 Å². The summed E-state index contributed by atoms with van der Waals surface area (Å²) >= 11 is 0. The predicted molar refractivity (Wildman–Crippen MR) is 147 cm³/mol. The average molecular weight is 431 g/mol. The fourth-order valence-corrected chi connectivity index (χ4v) is 5.52. The highest BCUT2D eigenvalue weighted by Crippen LogP contribution is 2.43. The van der Waals surface area contributed by atoms with Gasteiger partial charge in [-0.1, -0.05) is 121 Å². The molecule has 0 aliphatic rings. The SMILES string of the molecule is c1ccc(-c2cc3cc(-c4cccc5ccccc45)c4ccccc4c3c3ccccc23)cc1. The van der Waals surface area contributed by atoms with E-state index < -0.39 is 0 Å². The lowest BCUT2D eigenvalue weighted by molar-refractivity contribution is 1.66. The molecule has 34 heavy (non-hydrogen) atoms. The lowest BCUT2D eigenvalue weighted by Crippen LogP contribution is -1.89. The van der Waals surface area contributed by atoms with Gasteiger partial charge >= 0.3 is 0 Å². The van der Waals surface area contributed by atoms with E-state index in [1.54, 1.807) is 0 Å². The number of fused-ring (bicyclic) bond motifs is 6. The average Bonchev–Trinajstić information content (AvgIpc) is 2.92. The summed E-state index contributed by atoms with van der Waals surface area (Å²) in [5, 5.41) is 10.4. The number of hydrogen-bond acceptors (Lipinski definition) is 0. The van der Waals surface area contributed by atoms with Crippen LogP contribution in [0.5, 0.6) is 0 Å². The Bertz CT molecular complexity index is 1840. The smallest absolute Gasteiger partial charge is 0.00259 e. The van der Waals surface area contributed by atoms with E-state index in [0.29, 0.717) is 0 Å². The Morgan fingerprint density at radius 3 is 1.56 bits per heavy atom. The van der Waals surface area contributed by atoms with Crippen molar-refractivity contribution in [1.29, 1.82) is 0 Å². The van der Waals surface area contributed by atoms with Gasteiger partial charge in [-0.15, -0.1) is 0 Å². The fraction of sp³-hybridized carbons (Fsp3) is 0. The van der Waals surface area contributed by atoms with Crippen LogP contribution in [0.15, 0.2) is 133 Å². The Labute approximate surface area is 198 Å². The normalized spacial score (nSPS) is 11.5. The zero-order valence-electron chi connectivity index (χ0n) is 18.7. The molecule has 7 aromatic carbocycles. The van der Waals surface area contributed by atoms with E-state index >= 15 is 0 Å². The molecule has 0 saturated heterocycles. The third-order valence-electron chi connectivity index (χ3n) is 7.03. The topological polar surface area (TPSA) is 0 Å². The lowest BCUT2D eigenvalue weighted by atomic mass is 9.87. The molecule has 7 rings (SSSR count). The van der Waals surface area contributed by atoms with Crippen molar-refractivity contribution in [3.8, 4) is 22.3 Å². The van der Waals surface area contributed by atoms with Crippen LogP contribution in [0, 0.1) is 0 Å². The molecule has 0 spiro atoms. The molecule has 0 saturated carbocycles. The van der Waals surface area contributed by atoms with Crippen LogP contribution in [0.4, 0.5) is 0 Å². The van der Waals surface area contributed by atoms with Gasteiger partial charge in [0.25, 0.3) is 0 Å². The van der Waals surface area contributed by atoms with Gasteiger partial charge in [-0.3, -0.25) is 0 Å². The van der Waals surface area contributed by atoms with Gasteiger partial charge in [0, 0.05) is 0 Å². The van der Waals surface area contributed by atoms with Crippen molar-refractivity contribution in [1.82, 2.24) is 0 Å². The molecule has 0 aliphatic heterocycles. The molecule has 7 aromatic rings. The molecule has 0 nitrogen and oxygen atoms in total. The Kier molecular flexibility index (Phi) is 4.25. The van der Waals surface area contributed by atoms with Crippen molar-refractivity contribution in [2.45, 2.75) is 0 Å². The Balaban J connectivity index is 1.67. The molecule has 0 bridgehead atoms. The first-order chi connectivity index (χ1) is 16.9. The van der Waals surface area contributed by atoms with Crippen LogP contribution in [-0.2, 0) is 0 Å². The van der Waals surface area contributed by atoms with Crippen LogP contribution in [0.25, 0.3) is 65.3 Å². The second kappa shape index (κ2) is 7.57. The second-order valence-corrected chi connectivity index (χ2v) is 8.93. The third-order valence-corrected chi connectivity index (χ3v) is 7.03. The maximum absolute atomic E-state index is 2.40. The molecule has 158 valence electrons. The van der Waals surface area contributed by atoms with Crippen molar-refractivity contribution in [2.75, 3.05) is 0 Å². The minimum Gasteiger partial charge on any atom is -0.0622 e. The first-order valence-electron chi connectivity index (χ1n) is 11.8. The Morgan fingerprint density at radius 1 is 0.294 bits per heavy atom. The van der Waals surface area contributed by atoms with Gasteiger partial charge in [0.05, 0.1) is 0 Å². The first-order valence-corrected chi connectivity index (χ1v) is 11.8. The zero-order chi connectivity index (χ0) is 22.5. The summed E-state index contributed by atoms with van der Waals surface area (Å²) in [7, 11) is 0. The Hall–Kier alpha value is -4.42. The van der Waals surface area contributed by atoms with Crippen LogP contribution in [0.3, 0.4) is 0 Å². The van der Waals surface area contributed by atoms with Crippen LogP contribution < -0.4 is 0 Å². The van der Waals surface area contributed by atoms with E-state index in [0.717, 1.165) is 0 Å². The van der Waals surface area contributed by atoms with E-state index in [4.69, 9.17) is 0 Å². The maximum Gasteiger partial charge on any atom is -0.00259 e. The molecular weight excluding hydrogens is 408 g/mol. The highest BCUT2D eigenvalue weighted by atomic mass is 14.2. The van der Waals surface area contributed by atoms with E-state index in [1.807, 2.05) is 0 Å². The second-order valence-electron chi connectivity index (χ2n) is 8.93. The summed E-state index contributed by atoms with van der Waals surface area (Å²) in [6, 6.07) is 48.5. The summed E-state index contributed by atoms with van der Waals surface area (Å²) in [5.41, 5.74) is 5.10. The highest BCUT2D eigenvalue weighted by molar-refractivity contribution is 6.26. The van der Waals surface area contributed by atoms with Crippen LogP contribution in [-0.4, -0.2) is 0 Å². The van der Waals surface area contributed by atoms with Crippen molar-refractivity contribution >= 4 is 43.1 Å². The van der Waals surface area contributed by atoms with Gasteiger partial charge in [-0.05, 0) is 77.5 Å². The molecule has 0 radical (unpaired) electrons. The van der Waals surface area contributed by atoms with Gasteiger partial charge < -0.3 is 0 Å². The number of hydrogen-bond donors (Lipinski definition) is 0. The van der Waals surface area contributed by atoms with Crippen molar-refractivity contribution in [3.05, 3.63) is 133 Å². The molecule has 0 fully saturated rings. The summed E-state index contributed by atoms with van der Waals surface area (Å²) < 4.78 is 0. The van der Waals surface area contributed by atoms with E-state index in [-0.39, 0.29) is 0 Å². The summed E-state index contributed by atoms with van der Waals surface area (Å²) in [6.45, 7) is 0. The maximum atomic E-state index is 2.40. The van der Waals surface area contributed by atoms with Crippen LogP contribution in [0.1, 0.15) is 0 Å². The molecule has 0 amide bonds. The number of benzene rings is 7. The van der Waals surface area contributed by atoms with E-state index in [9.17, 15) is 0 Å². The Morgan fingerprint density at radius 2 is 0.824 bits per heavy atom. The highest BCUT2D eigenvalue weighted by Gasteiger charge is 2.15. The molecule has 0 atom stereocenters. The molecule has 0 heterocycles. The molecule has 0 aromatic heterocycles. The molecule has 0 aliphatic carbocycles. The van der Waals surface area contributed by atoms with Gasteiger partial charge in [0.2, 0.25) is 0 Å². The van der Waals surface area contributed by atoms with Gasteiger partial charge in [-0.2, -0.15) is 0 Å². The standard InChI is InChI=1S/C34H22/c1-2-11-24(12-3-1)32-21-25-22-33(27-20-10-14-23-13-4-5-15-26(23)27)29-17-7-9-19-31(29)34(25)30-18-8-6-16-28(30)32/h1-22H. The quantitative estimate of drug-likeness (QED) is 0.239. The van der Waals surface area contributed by atoms with Crippen molar-refractivity contribution in [2.24, 2.45) is 0 Å². The van der Waals surface area contributed by atoms with E-state index in [1.165, 1.54) is 65.3 Å². The summed E-state index contributed by atoms with van der Waals surface area (Å²) in [5.74, 6) is 0. The largest absolute Gasteiger partial charge is 0.0622 e. The summed E-state index contributed by atoms with van der Waals surface area (Å²) in [6.07, 6.45) is 0. The van der Waals surface area contributed by atoms with Gasteiger partial charge in [0.1, 0.15) is 0 Å². The first kappa shape index (κ1) is 19.1. The summed E-state index contributed by atoms with van der Waals surface area (Å²) in [4.78, 5) is 0. The molecule has 0 N–H and O–H groups in total. The zero-order valence-corrected chi connectivity index (χ0v) is 18.7. The number of rotatable bonds is 2. The minimum atomic E-state index is 1.25. The third kappa shape index (κ3) is 2.86. The monoisotopic (exact) mass is 430 g/mol. The molecular formula is C34H22. The van der Waals surface area contributed by atoms with Crippen molar-refractivity contribution in [3.63, 3.8) is 0 Å². The predicted octanol–water partition coefficient (Wildman–Crippen LogP) is 9.63. The molecule has 0 unspecified atom stereocenters. The van der Waals surface area contributed by atoms with Gasteiger partial charge in [-0.25, -0.2) is 0 Å². The van der Waals surface area contributed by atoms with Crippen molar-refractivity contribution < 1.29 is 0 Å². The van der Waals surface area contributed by atoms with Crippen LogP contribution >= 0.6 is 0 Å². The van der Waals surface area contributed by atoms with E-state index in [2.05, 4.69) is 133 Å². The molecule has 0 heteroatoms. The van der Waals surface area contributed by atoms with Crippen LogP contribution in [0.2, 0.25) is 0 Å². The lowest BCUT2D eigenvalue weighted by Gasteiger charge is -2.17. The minimum absolute atomic E-state index is 1.25.